The van der Waals surface area contributed by atoms with E-state index in [1.54, 1.807) is 0 Å². The van der Waals surface area contributed by atoms with Crippen LogP contribution in [-0.2, 0) is 18.3 Å². The summed E-state index contributed by atoms with van der Waals surface area (Å²) in [6.07, 6.45) is 8.65. The van der Waals surface area contributed by atoms with Crippen LogP contribution in [0.1, 0.15) is 48.9 Å². The van der Waals surface area contributed by atoms with Crippen molar-refractivity contribution in [3.63, 3.8) is 0 Å². The number of benzene rings is 1. The number of hydrogen-bond donors (Lipinski definition) is 0. The number of imidazole rings is 1. The van der Waals surface area contributed by atoms with Crippen LogP contribution in [0, 0.1) is 5.92 Å². The summed E-state index contributed by atoms with van der Waals surface area (Å²) >= 11 is 0. The third-order valence-corrected chi connectivity index (χ3v) is 7.23. The van der Waals surface area contributed by atoms with Gasteiger partial charge in [-0.2, -0.15) is 0 Å². The quantitative estimate of drug-likeness (QED) is 0.473. The Balaban J connectivity index is 1.60. The summed E-state index contributed by atoms with van der Waals surface area (Å²) in [6.45, 7) is 4.68. The molecule has 6 rings (SSSR count). The molecule has 0 unspecified atom stereocenters. The van der Waals surface area contributed by atoms with Crippen molar-refractivity contribution in [1.29, 1.82) is 0 Å². The molecule has 0 spiro atoms. The highest BCUT2D eigenvalue weighted by atomic mass is 16.5. The van der Waals surface area contributed by atoms with Crippen molar-refractivity contribution in [3.05, 3.63) is 83.8 Å². The van der Waals surface area contributed by atoms with Crippen LogP contribution < -0.4 is 0 Å². The molecule has 5 nitrogen and oxygen atoms in total. The van der Waals surface area contributed by atoms with E-state index in [4.69, 9.17) is 9.51 Å². The lowest BCUT2D eigenvalue weighted by atomic mass is 9.57. The maximum absolute atomic E-state index is 5.64. The van der Waals surface area contributed by atoms with Crippen LogP contribution in [0.3, 0.4) is 0 Å². The third-order valence-electron chi connectivity index (χ3n) is 7.23. The minimum Gasteiger partial charge on any atom is -0.361 e. The Kier molecular flexibility index (Phi) is 3.76. The standard InChI is InChI=1S/C25H24N4O/c1-16-20-8-9-21-23(25(20,2)14-18-15-27-30-22(16)18)28-24(17-10-12-26-13-11-17)29(21)19-6-4-3-5-7-19/h3-7,10-13,15-16,20H,8-9,14H2,1-2H3/t16-,20-,25-/m1/s1. The molecule has 0 N–H and O–H groups in total. The largest absolute Gasteiger partial charge is 0.361 e. The first-order valence-corrected chi connectivity index (χ1v) is 10.7. The summed E-state index contributed by atoms with van der Waals surface area (Å²) in [5, 5.41) is 4.11. The number of pyridine rings is 1. The molecule has 0 amide bonds. The molecular formula is C25H24N4O. The van der Waals surface area contributed by atoms with Crippen molar-refractivity contribution in [2.45, 2.75) is 44.4 Å². The van der Waals surface area contributed by atoms with E-state index in [0.29, 0.717) is 11.8 Å². The number of rotatable bonds is 2. The van der Waals surface area contributed by atoms with E-state index in [0.717, 1.165) is 42.1 Å². The molecule has 1 aromatic carbocycles. The fraction of sp³-hybridized carbons (Fsp3) is 0.320. The zero-order valence-electron chi connectivity index (χ0n) is 17.2. The molecule has 0 radical (unpaired) electrons. The number of fused-ring (bicyclic) bond motifs is 4. The molecule has 3 aromatic heterocycles. The van der Waals surface area contributed by atoms with E-state index < -0.39 is 0 Å². The molecule has 5 heteroatoms. The maximum Gasteiger partial charge on any atom is 0.145 e. The molecule has 150 valence electrons. The summed E-state index contributed by atoms with van der Waals surface area (Å²) in [4.78, 5) is 9.54. The monoisotopic (exact) mass is 396 g/mol. The predicted molar refractivity (Wildman–Crippen MR) is 115 cm³/mol. The molecule has 0 aliphatic heterocycles. The van der Waals surface area contributed by atoms with Crippen molar-refractivity contribution in [3.8, 4) is 17.1 Å². The first-order chi connectivity index (χ1) is 14.7. The SMILES string of the molecule is C[C@H]1c2oncc2C[C@@]2(C)c3nc(-c4ccncc4)n(-c4ccccc4)c3CC[C@H]12. The van der Waals surface area contributed by atoms with E-state index >= 15 is 0 Å². The van der Waals surface area contributed by atoms with Crippen molar-refractivity contribution in [2.75, 3.05) is 0 Å². The molecule has 0 fully saturated rings. The van der Waals surface area contributed by atoms with Crippen LogP contribution in [-0.4, -0.2) is 19.7 Å². The fourth-order valence-electron chi connectivity index (χ4n) is 5.85. The Hall–Kier alpha value is -3.21. The number of aromatic nitrogens is 4. The van der Waals surface area contributed by atoms with Gasteiger partial charge in [0.15, 0.2) is 0 Å². The second kappa shape index (κ2) is 6.39. The molecule has 0 bridgehead atoms. The molecule has 3 atom stereocenters. The van der Waals surface area contributed by atoms with Crippen LogP contribution in [0.2, 0.25) is 0 Å². The number of hydrogen-bond acceptors (Lipinski definition) is 4. The maximum atomic E-state index is 5.64. The predicted octanol–water partition coefficient (Wildman–Crippen LogP) is 5.10. The van der Waals surface area contributed by atoms with Crippen molar-refractivity contribution in [1.82, 2.24) is 19.7 Å². The van der Waals surface area contributed by atoms with Crippen molar-refractivity contribution >= 4 is 0 Å². The van der Waals surface area contributed by atoms with Gasteiger partial charge in [0.1, 0.15) is 11.6 Å². The van der Waals surface area contributed by atoms with Gasteiger partial charge in [0.2, 0.25) is 0 Å². The van der Waals surface area contributed by atoms with E-state index in [9.17, 15) is 0 Å². The first kappa shape index (κ1) is 17.6. The fourth-order valence-corrected chi connectivity index (χ4v) is 5.85. The number of para-hydroxylation sites is 1. The van der Waals surface area contributed by atoms with Crippen molar-refractivity contribution < 1.29 is 4.52 Å². The summed E-state index contributed by atoms with van der Waals surface area (Å²) in [5.41, 5.74) is 6.02. The van der Waals surface area contributed by atoms with Gasteiger partial charge in [-0.1, -0.05) is 37.2 Å². The van der Waals surface area contributed by atoms with Gasteiger partial charge < -0.3 is 4.52 Å². The Labute approximate surface area is 175 Å². The normalized spacial score (nSPS) is 24.7. The molecule has 4 aromatic rings. The minimum absolute atomic E-state index is 0.0344. The molecule has 3 heterocycles. The van der Waals surface area contributed by atoms with Gasteiger partial charge in [0.05, 0.1) is 11.9 Å². The molecule has 30 heavy (non-hydrogen) atoms. The highest BCUT2D eigenvalue weighted by molar-refractivity contribution is 5.61. The van der Waals surface area contributed by atoms with Gasteiger partial charge in [0, 0.05) is 46.2 Å². The van der Waals surface area contributed by atoms with Gasteiger partial charge in [-0.25, -0.2) is 4.98 Å². The lowest BCUT2D eigenvalue weighted by Crippen LogP contribution is -2.44. The van der Waals surface area contributed by atoms with E-state index in [-0.39, 0.29) is 5.41 Å². The summed E-state index contributed by atoms with van der Waals surface area (Å²) in [7, 11) is 0. The van der Waals surface area contributed by atoms with Gasteiger partial charge in [0.25, 0.3) is 0 Å². The van der Waals surface area contributed by atoms with Crippen LogP contribution in [0.25, 0.3) is 17.1 Å². The first-order valence-electron chi connectivity index (χ1n) is 10.7. The lowest BCUT2D eigenvalue weighted by molar-refractivity contribution is 0.171. The zero-order valence-corrected chi connectivity index (χ0v) is 17.2. The van der Waals surface area contributed by atoms with Crippen LogP contribution >= 0.6 is 0 Å². The topological polar surface area (TPSA) is 56.7 Å². The van der Waals surface area contributed by atoms with Crippen LogP contribution in [0.15, 0.2) is 65.6 Å². The minimum atomic E-state index is -0.0344. The van der Waals surface area contributed by atoms with Crippen molar-refractivity contribution in [2.24, 2.45) is 5.92 Å². The third kappa shape index (κ3) is 2.38. The summed E-state index contributed by atoms with van der Waals surface area (Å²) < 4.78 is 8.00. The Morgan fingerprint density at radius 3 is 2.70 bits per heavy atom. The Bertz CT molecular complexity index is 1210. The van der Waals surface area contributed by atoms with Gasteiger partial charge in [-0.15, -0.1) is 0 Å². The highest BCUT2D eigenvalue weighted by Gasteiger charge is 2.51. The molecular weight excluding hydrogens is 372 g/mol. The molecule has 2 aliphatic rings. The average molecular weight is 396 g/mol. The summed E-state index contributed by atoms with van der Waals surface area (Å²) in [6, 6.07) is 14.7. The highest BCUT2D eigenvalue weighted by Crippen LogP contribution is 2.54. The average Bonchev–Trinajstić information content (AvgIpc) is 3.40. The van der Waals surface area contributed by atoms with E-state index in [2.05, 4.69) is 71.0 Å². The van der Waals surface area contributed by atoms with Crippen LogP contribution in [0.5, 0.6) is 0 Å². The lowest BCUT2D eigenvalue weighted by Gasteiger charge is -2.46. The second-order valence-corrected chi connectivity index (χ2v) is 8.88. The van der Waals surface area contributed by atoms with E-state index in [1.807, 2.05) is 18.6 Å². The van der Waals surface area contributed by atoms with Gasteiger partial charge >= 0.3 is 0 Å². The van der Waals surface area contributed by atoms with Gasteiger partial charge in [-0.05, 0) is 49.4 Å². The molecule has 0 saturated heterocycles. The Morgan fingerprint density at radius 2 is 1.90 bits per heavy atom. The summed E-state index contributed by atoms with van der Waals surface area (Å²) in [5.74, 6) is 2.91. The smallest absolute Gasteiger partial charge is 0.145 e. The molecule has 0 saturated carbocycles. The van der Waals surface area contributed by atoms with E-state index in [1.165, 1.54) is 17.0 Å². The number of nitrogens with zero attached hydrogens (tertiary/aromatic N) is 4. The molecule has 2 aliphatic carbocycles. The zero-order chi connectivity index (χ0) is 20.3. The Morgan fingerprint density at radius 1 is 1.10 bits per heavy atom. The second-order valence-electron chi connectivity index (χ2n) is 8.88. The van der Waals surface area contributed by atoms with Gasteiger partial charge in [-0.3, -0.25) is 9.55 Å². The van der Waals surface area contributed by atoms with Crippen LogP contribution in [0.4, 0.5) is 0 Å².